The van der Waals surface area contributed by atoms with Gasteiger partial charge >= 0.3 is 0 Å². The molecule has 0 N–H and O–H groups in total. The molecular weight excluding hydrogens is 404 g/mol. The van der Waals surface area contributed by atoms with Gasteiger partial charge in [0.1, 0.15) is 0 Å². The molecule has 0 bridgehead atoms. The number of hydrogen-bond acceptors (Lipinski definition) is 3. The number of aryl methyl sites for hydroxylation is 1. The third-order valence-corrected chi connectivity index (χ3v) is 7.02. The topological polar surface area (TPSA) is 40.6 Å². The molecule has 2 amide bonds. The molecule has 2 heterocycles. The maximum absolute atomic E-state index is 13.6. The molecule has 1 aliphatic rings. The van der Waals surface area contributed by atoms with Gasteiger partial charge in [0.2, 0.25) is 11.8 Å². The molecule has 3 rings (SSSR count). The molecule has 31 heavy (non-hydrogen) atoms. The van der Waals surface area contributed by atoms with E-state index in [0.29, 0.717) is 25.4 Å². The Bertz CT molecular complexity index is 889. The molecule has 0 spiro atoms. The van der Waals surface area contributed by atoms with Crippen molar-refractivity contribution in [1.82, 2.24) is 9.80 Å². The summed E-state index contributed by atoms with van der Waals surface area (Å²) < 4.78 is 0. The van der Waals surface area contributed by atoms with E-state index in [9.17, 15) is 9.59 Å². The van der Waals surface area contributed by atoms with E-state index in [1.165, 1.54) is 21.6 Å². The van der Waals surface area contributed by atoms with Crippen LogP contribution in [0.4, 0.5) is 0 Å². The summed E-state index contributed by atoms with van der Waals surface area (Å²) in [5.41, 5.74) is 3.61. The van der Waals surface area contributed by atoms with Crippen LogP contribution in [0.25, 0.3) is 0 Å². The van der Waals surface area contributed by atoms with Gasteiger partial charge in [-0.1, -0.05) is 57.9 Å². The Labute approximate surface area is 191 Å². The van der Waals surface area contributed by atoms with E-state index in [4.69, 9.17) is 0 Å². The first-order valence-corrected chi connectivity index (χ1v) is 12.5. The summed E-state index contributed by atoms with van der Waals surface area (Å²) in [5, 5.41) is 2.13. The average Bonchev–Trinajstić information content (AvgIpc) is 3.21. The summed E-state index contributed by atoms with van der Waals surface area (Å²) in [6.07, 6.45) is 4.45. The highest BCUT2D eigenvalue weighted by Crippen LogP contribution is 2.39. The van der Waals surface area contributed by atoms with Crippen molar-refractivity contribution in [3.05, 3.63) is 57.3 Å². The predicted octanol–water partition coefficient (Wildman–Crippen LogP) is 5.60. The Morgan fingerprint density at radius 2 is 1.94 bits per heavy atom. The number of benzene rings is 1. The van der Waals surface area contributed by atoms with Crippen LogP contribution in [-0.4, -0.2) is 41.2 Å². The molecule has 0 saturated carbocycles. The second-order valence-corrected chi connectivity index (χ2v) is 10.0. The van der Waals surface area contributed by atoms with Crippen LogP contribution >= 0.6 is 11.3 Å². The normalized spacial score (nSPS) is 15.8. The highest BCUT2D eigenvalue weighted by Gasteiger charge is 2.34. The maximum Gasteiger partial charge on any atom is 0.242 e. The van der Waals surface area contributed by atoms with Crippen LogP contribution in [-0.2, 0) is 16.0 Å². The lowest BCUT2D eigenvalue weighted by molar-refractivity contribution is -0.142. The summed E-state index contributed by atoms with van der Waals surface area (Å²) in [4.78, 5) is 31.6. The van der Waals surface area contributed by atoms with E-state index < -0.39 is 0 Å². The predicted molar refractivity (Wildman–Crippen MR) is 128 cm³/mol. The molecule has 5 heteroatoms. The Balaban J connectivity index is 1.84. The van der Waals surface area contributed by atoms with Gasteiger partial charge < -0.3 is 9.80 Å². The Morgan fingerprint density at radius 3 is 2.65 bits per heavy atom. The second-order valence-electron chi connectivity index (χ2n) is 9.02. The lowest BCUT2D eigenvalue weighted by Crippen LogP contribution is -2.47. The minimum atomic E-state index is -0.0696. The molecule has 0 fully saturated rings. The van der Waals surface area contributed by atoms with E-state index in [2.05, 4.69) is 51.3 Å². The minimum absolute atomic E-state index is 0.0506. The summed E-state index contributed by atoms with van der Waals surface area (Å²) in [5.74, 6) is 0.491. The first kappa shape index (κ1) is 23.5. The zero-order chi connectivity index (χ0) is 22.4. The molecule has 2 aromatic rings. The number of rotatable bonds is 9. The Hall–Kier alpha value is -2.14. The number of unbranched alkanes of at least 4 members (excludes halogenated alkanes) is 2. The Kier molecular flexibility index (Phi) is 8.30. The summed E-state index contributed by atoms with van der Waals surface area (Å²) in [6.45, 7) is 9.96. The number of amides is 2. The van der Waals surface area contributed by atoms with Gasteiger partial charge in [-0.15, -0.1) is 11.3 Å². The van der Waals surface area contributed by atoms with E-state index >= 15 is 0 Å². The van der Waals surface area contributed by atoms with Crippen LogP contribution in [0.2, 0.25) is 0 Å². The third-order valence-electron chi connectivity index (χ3n) is 6.03. The molecule has 1 atom stereocenters. The quantitative estimate of drug-likeness (QED) is 0.477. The van der Waals surface area contributed by atoms with Gasteiger partial charge in [-0.05, 0) is 53.8 Å². The molecule has 0 radical (unpaired) electrons. The molecule has 0 saturated heterocycles. The molecule has 1 aromatic carbocycles. The fourth-order valence-corrected chi connectivity index (χ4v) is 5.35. The number of hydrogen-bond donors (Lipinski definition) is 0. The maximum atomic E-state index is 13.6. The van der Waals surface area contributed by atoms with Crippen molar-refractivity contribution in [3.63, 3.8) is 0 Å². The van der Waals surface area contributed by atoms with Crippen LogP contribution < -0.4 is 0 Å². The van der Waals surface area contributed by atoms with Crippen molar-refractivity contribution in [1.29, 1.82) is 0 Å². The molecular formula is C26H36N2O2S. The van der Waals surface area contributed by atoms with Gasteiger partial charge in [0.25, 0.3) is 0 Å². The van der Waals surface area contributed by atoms with E-state index in [0.717, 1.165) is 25.7 Å². The van der Waals surface area contributed by atoms with Crippen molar-refractivity contribution in [3.8, 4) is 0 Å². The van der Waals surface area contributed by atoms with Gasteiger partial charge in [0.15, 0.2) is 0 Å². The van der Waals surface area contributed by atoms with Gasteiger partial charge in [0, 0.05) is 24.4 Å². The fraction of sp³-hybridized carbons (Fsp3) is 0.538. The van der Waals surface area contributed by atoms with Crippen molar-refractivity contribution in [2.45, 2.75) is 65.8 Å². The van der Waals surface area contributed by atoms with Gasteiger partial charge in [-0.2, -0.15) is 0 Å². The zero-order valence-electron chi connectivity index (χ0n) is 19.4. The van der Waals surface area contributed by atoms with Crippen LogP contribution in [0.1, 0.15) is 74.1 Å². The van der Waals surface area contributed by atoms with Crippen molar-refractivity contribution in [2.75, 3.05) is 19.6 Å². The van der Waals surface area contributed by atoms with Crippen molar-refractivity contribution in [2.24, 2.45) is 5.92 Å². The lowest BCUT2D eigenvalue weighted by atomic mass is 9.90. The van der Waals surface area contributed by atoms with Crippen molar-refractivity contribution < 1.29 is 9.59 Å². The van der Waals surface area contributed by atoms with Crippen molar-refractivity contribution >= 4 is 23.2 Å². The summed E-state index contributed by atoms with van der Waals surface area (Å²) in [6, 6.07) is 10.4. The minimum Gasteiger partial charge on any atom is -0.333 e. The zero-order valence-corrected chi connectivity index (χ0v) is 20.2. The first-order valence-electron chi connectivity index (χ1n) is 11.6. The summed E-state index contributed by atoms with van der Waals surface area (Å²) in [7, 11) is 0. The molecule has 0 aliphatic carbocycles. The SMILES string of the molecule is CCCCCC(=O)N(CC(=O)N1CCc2sccc2C1c1ccccc1C)CC(C)C. The van der Waals surface area contributed by atoms with Gasteiger partial charge in [-0.25, -0.2) is 0 Å². The number of fused-ring (bicyclic) bond motifs is 1. The van der Waals surface area contributed by atoms with Crippen LogP contribution in [0.3, 0.4) is 0 Å². The molecule has 1 unspecified atom stereocenters. The number of nitrogens with zero attached hydrogens (tertiary/aromatic N) is 2. The third kappa shape index (κ3) is 5.76. The standard InChI is InChI=1S/C26H36N2O2S/c1-5-6-7-12-24(29)27(17-19(2)3)18-25(30)28-15-13-23-22(14-16-31-23)26(28)21-11-9-8-10-20(21)4/h8-11,14,16,19,26H,5-7,12-13,15,17-18H2,1-4H3. The largest absolute Gasteiger partial charge is 0.333 e. The Morgan fingerprint density at radius 1 is 1.16 bits per heavy atom. The number of thiophene rings is 1. The molecule has 4 nitrogen and oxygen atoms in total. The van der Waals surface area contributed by atoms with Crippen LogP contribution in [0.5, 0.6) is 0 Å². The van der Waals surface area contributed by atoms with Gasteiger partial charge in [0.05, 0.1) is 12.6 Å². The highest BCUT2D eigenvalue weighted by atomic mass is 32.1. The van der Waals surface area contributed by atoms with Crippen LogP contribution in [0.15, 0.2) is 35.7 Å². The van der Waals surface area contributed by atoms with E-state index in [1.54, 1.807) is 16.2 Å². The molecule has 1 aliphatic heterocycles. The molecule has 1 aromatic heterocycles. The fourth-order valence-electron chi connectivity index (χ4n) is 4.45. The molecule has 168 valence electrons. The first-order chi connectivity index (χ1) is 14.9. The number of carbonyl (C=O) groups excluding carboxylic acids is 2. The highest BCUT2D eigenvalue weighted by molar-refractivity contribution is 7.10. The van der Waals surface area contributed by atoms with E-state index in [-0.39, 0.29) is 24.4 Å². The smallest absolute Gasteiger partial charge is 0.242 e. The van der Waals surface area contributed by atoms with E-state index in [1.807, 2.05) is 17.0 Å². The monoisotopic (exact) mass is 440 g/mol. The lowest BCUT2D eigenvalue weighted by Gasteiger charge is -2.38. The number of carbonyl (C=O) groups is 2. The summed E-state index contributed by atoms with van der Waals surface area (Å²) >= 11 is 1.78. The van der Waals surface area contributed by atoms with Crippen LogP contribution in [0, 0.1) is 12.8 Å². The van der Waals surface area contributed by atoms with Gasteiger partial charge in [-0.3, -0.25) is 9.59 Å². The average molecular weight is 441 g/mol. The second kappa shape index (κ2) is 10.9.